The Labute approximate surface area is 194 Å². The van der Waals surface area contributed by atoms with Crippen LogP contribution in [0.15, 0.2) is 29.2 Å². The summed E-state index contributed by atoms with van der Waals surface area (Å²) >= 11 is 0. The zero-order valence-electron chi connectivity index (χ0n) is 18.6. The van der Waals surface area contributed by atoms with Crippen LogP contribution in [0.5, 0.6) is 5.75 Å². The van der Waals surface area contributed by atoms with Crippen molar-refractivity contribution in [2.75, 3.05) is 0 Å². The molecule has 3 aliphatic rings. The highest BCUT2D eigenvalue weighted by Crippen LogP contribution is 2.44. The van der Waals surface area contributed by atoms with E-state index in [0.717, 1.165) is 31.7 Å². The number of rotatable bonds is 3. The van der Waals surface area contributed by atoms with E-state index in [1.807, 2.05) is 6.92 Å². The van der Waals surface area contributed by atoms with Gasteiger partial charge in [-0.1, -0.05) is 18.9 Å². The third kappa shape index (κ3) is 3.66. The Morgan fingerprint density at radius 3 is 2.71 bits per heavy atom. The van der Waals surface area contributed by atoms with Crippen molar-refractivity contribution < 1.29 is 28.2 Å². The number of hydrogen-bond donors (Lipinski definition) is 2. The van der Waals surface area contributed by atoms with Gasteiger partial charge in [0, 0.05) is 30.4 Å². The van der Waals surface area contributed by atoms with Crippen LogP contribution in [-0.4, -0.2) is 44.3 Å². The average molecular weight is 473 g/mol. The summed E-state index contributed by atoms with van der Waals surface area (Å²) < 4.78 is 34.7. The fraction of sp³-hybridized carbons (Fsp3) is 0.458. The maximum absolute atomic E-state index is 13.9. The van der Waals surface area contributed by atoms with Gasteiger partial charge in [0.2, 0.25) is 5.43 Å². The molecule has 10 heteroatoms. The number of nitrogens with one attached hydrogen (secondary N) is 1. The third-order valence-corrected chi connectivity index (χ3v) is 7.10. The first kappa shape index (κ1) is 22.5. The van der Waals surface area contributed by atoms with E-state index in [9.17, 15) is 28.3 Å². The van der Waals surface area contributed by atoms with E-state index in [0.29, 0.717) is 12.5 Å². The molecule has 1 spiro atoms. The summed E-state index contributed by atoms with van der Waals surface area (Å²) in [4.78, 5) is 40.3. The van der Waals surface area contributed by atoms with Crippen molar-refractivity contribution >= 4 is 11.8 Å². The van der Waals surface area contributed by atoms with Gasteiger partial charge in [-0.3, -0.25) is 14.4 Å². The van der Waals surface area contributed by atoms with Crippen LogP contribution in [0.4, 0.5) is 8.78 Å². The summed E-state index contributed by atoms with van der Waals surface area (Å²) in [5, 5.41) is 13.0. The van der Waals surface area contributed by atoms with Crippen molar-refractivity contribution in [3.05, 3.63) is 63.1 Å². The second kappa shape index (κ2) is 8.19. The Bertz CT molecular complexity index is 1240. The summed E-state index contributed by atoms with van der Waals surface area (Å²) in [6.07, 6.45) is 5.32. The molecule has 2 aromatic rings. The number of amides is 2. The molecule has 2 aliphatic heterocycles. The first-order valence-corrected chi connectivity index (χ1v) is 11.4. The van der Waals surface area contributed by atoms with E-state index in [1.54, 1.807) is 4.90 Å². The summed E-state index contributed by atoms with van der Waals surface area (Å²) in [7, 11) is 0. The Balaban J connectivity index is 1.43. The lowest BCUT2D eigenvalue weighted by molar-refractivity contribution is -0.203. The Morgan fingerprint density at radius 2 is 2.00 bits per heavy atom. The predicted octanol–water partition coefficient (Wildman–Crippen LogP) is 2.67. The first-order valence-electron chi connectivity index (χ1n) is 11.4. The van der Waals surface area contributed by atoms with Crippen LogP contribution in [0.25, 0.3) is 0 Å². The molecule has 2 N–H and O–H groups in total. The quantitative estimate of drug-likeness (QED) is 0.714. The molecule has 8 nitrogen and oxygen atoms in total. The molecule has 0 unspecified atom stereocenters. The van der Waals surface area contributed by atoms with Crippen LogP contribution in [0.1, 0.15) is 65.4 Å². The molecule has 34 heavy (non-hydrogen) atoms. The number of carbonyl (C=O) groups is 2. The van der Waals surface area contributed by atoms with Crippen LogP contribution in [0.2, 0.25) is 0 Å². The summed E-state index contributed by atoms with van der Waals surface area (Å²) in [5.41, 5.74) is -1.80. The topological polar surface area (TPSA) is 101 Å². The highest BCUT2D eigenvalue weighted by atomic mass is 19.1. The monoisotopic (exact) mass is 473 g/mol. The van der Waals surface area contributed by atoms with Gasteiger partial charge in [-0.2, -0.15) is 0 Å². The van der Waals surface area contributed by atoms with Crippen LogP contribution in [0.3, 0.4) is 0 Å². The number of carbonyl (C=O) groups excluding carboxylic acids is 2. The fourth-order valence-electron chi connectivity index (χ4n) is 5.52. The average Bonchev–Trinajstić information content (AvgIpc) is 3.21. The van der Waals surface area contributed by atoms with Crippen LogP contribution in [-0.2, 0) is 17.8 Å². The van der Waals surface area contributed by atoms with Gasteiger partial charge in [0.1, 0.15) is 17.2 Å². The number of ether oxygens (including phenoxy) is 1. The van der Waals surface area contributed by atoms with Gasteiger partial charge < -0.3 is 24.6 Å². The minimum Gasteiger partial charge on any atom is -0.503 e. The zero-order valence-corrected chi connectivity index (χ0v) is 18.6. The highest BCUT2D eigenvalue weighted by Gasteiger charge is 2.50. The minimum atomic E-state index is -0.993. The number of aromatic nitrogens is 1. The molecule has 1 aromatic carbocycles. The SMILES string of the molecule is C[C@@H]1CC2(CCCC2)O[C@H]2Cn3cc(C(=O)NCc4ccc(F)cc4F)c(=O)c(O)c3C(=O)N12. The van der Waals surface area contributed by atoms with Gasteiger partial charge in [-0.05, 0) is 32.3 Å². The lowest BCUT2D eigenvalue weighted by Crippen LogP contribution is -2.62. The van der Waals surface area contributed by atoms with Crippen molar-refractivity contribution in [1.29, 1.82) is 0 Å². The van der Waals surface area contributed by atoms with Gasteiger partial charge >= 0.3 is 0 Å². The molecule has 5 rings (SSSR count). The largest absolute Gasteiger partial charge is 0.503 e. The molecule has 1 saturated heterocycles. The van der Waals surface area contributed by atoms with E-state index in [2.05, 4.69) is 5.32 Å². The van der Waals surface area contributed by atoms with E-state index in [1.165, 1.54) is 16.8 Å². The molecule has 2 amide bonds. The Kier molecular flexibility index (Phi) is 5.43. The molecular weight excluding hydrogens is 448 g/mol. The van der Waals surface area contributed by atoms with Crippen molar-refractivity contribution in [3.63, 3.8) is 0 Å². The maximum atomic E-state index is 13.9. The van der Waals surface area contributed by atoms with Gasteiger partial charge in [0.25, 0.3) is 11.8 Å². The molecule has 180 valence electrons. The van der Waals surface area contributed by atoms with Crippen LogP contribution < -0.4 is 10.7 Å². The first-order chi connectivity index (χ1) is 16.2. The van der Waals surface area contributed by atoms with Crippen molar-refractivity contribution in [2.45, 2.75) is 70.0 Å². The lowest BCUT2D eigenvalue weighted by Gasteiger charge is -2.51. The second-order valence-electron chi connectivity index (χ2n) is 9.37. The lowest BCUT2D eigenvalue weighted by atomic mass is 9.89. The van der Waals surface area contributed by atoms with Gasteiger partial charge in [0.05, 0.1) is 12.1 Å². The number of fused-ring (bicyclic) bond motifs is 2. The molecule has 0 radical (unpaired) electrons. The summed E-state index contributed by atoms with van der Waals surface area (Å²) in [6.45, 7) is 1.81. The molecule has 0 bridgehead atoms. The number of pyridine rings is 1. The molecule has 3 heterocycles. The van der Waals surface area contributed by atoms with Crippen molar-refractivity contribution in [3.8, 4) is 5.75 Å². The van der Waals surface area contributed by atoms with E-state index in [4.69, 9.17) is 4.74 Å². The normalized spacial score (nSPS) is 23.0. The molecular formula is C24H25F2N3O5. The Hall–Kier alpha value is -3.27. The standard InChI is InChI=1S/C24H25F2N3O5/c1-13-9-24(6-2-3-7-24)34-18-12-28-11-16(20(30)21(31)19(28)23(33)29(13)18)22(32)27-10-14-4-5-15(25)8-17(14)26/h4-5,8,11,13,18,31H,2-3,6-7,9-10,12H2,1H3,(H,27,32)/t13-,18+/m1/s1. The second-order valence-corrected chi connectivity index (χ2v) is 9.37. The zero-order chi connectivity index (χ0) is 24.2. The third-order valence-electron chi connectivity index (χ3n) is 7.10. The van der Waals surface area contributed by atoms with E-state index < -0.39 is 40.9 Å². The summed E-state index contributed by atoms with van der Waals surface area (Å²) in [6, 6.07) is 2.82. The van der Waals surface area contributed by atoms with Crippen molar-refractivity contribution in [1.82, 2.24) is 14.8 Å². The molecule has 1 aromatic heterocycles. The number of nitrogens with zero attached hydrogens (tertiary/aromatic N) is 2. The van der Waals surface area contributed by atoms with Gasteiger partial charge in [-0.25, -0.2) is 8.78 Å². The Morgan fingerprint density at radius 1 is 1.26 bits per heavy atom. The van der Waals surface area contributed by atoms with Gasteiger partial charge in [-0.15, -0.1) is 0 Å². The molecule has 1 aliphatic carbocycles. The number of benzene rings is 1. The summed E-state index contributed by atoms with van der Waals surface area (Å²) in [5.74, 6) is -3.76. The van der Waals surface area contributed by atoms with Crippen LogP contribution >= 0.6 is 0 Å². The number of aromatic hydroxyl groups is 1. The van der Waals surface area contributed by atoms with Crippen LogP contribution in [0, 0.1) is 11.6 Å². The number of hydrogen-bond acceptors (Lipinski definition) is 5. The smallest absolute Gasteiger partial charge is 0.276 e. The predicted molar refractivity (Wildman–Crippen MR) is 116 cm³/mol. The highest BCUT2D eigenvalue weighted by molar-refractivity contribution is 5.99. The van der Waals surface area contributed by atoms with E-state index in [-0.39, 0.29) is 41.6 Å². The molecule has 2 atom stereocenters. The fourth-order valence-corrected chi connectivity index (χ4v) is 5.52. The molecule has 2 fully saturated rings. The van der Waals surface area contributed by atoms with Crippen molar-refractivity contribution in [2.24, 2.45) is 0 Å². The van der Waals surface area contributed by atoms with E-state index >= 15 is 0 Å². The number of halogens is 2. The van der Waals surface area contributed by atoms with Gasteiger partial charge in [0.15, 0.2) is 17.7 Å². The minimum absolute atomic E-state index is 0.0364. The maximum Gasteiger partial charge on any atom is 0.276 e. The molecule has 1 saturated carbocycles.